The van der Waals surface area contributed by atoms with Gasteiger partial charge in [0.05, 0.1) is 0 Å². The lowest BCUT2D eigenvalue weighted by atomic mass is 10.1. The minimum absolute atomic E-state index is 0.172. The SMILES string of the molecule is Cc1cc(C(=O)NCCCC(C)CO)ccc1F. The molecule has 0 bridgehead atoms. The van der Waals surface area contributed by atoms with Crippen molar-refractivity contribution >= 4 is 5.91 Å². The Morgan fingerprint density at radius 1 is 1.50 bits per heavy atom. The third-order valence-electron chi connectivity index (χ3n) is 2.89. The fraction of sp³-hybridized carbons (Fsp3) is 0.500. The van der Waals surface area contributed by atoms with E-state index in [1.807, 2.05) is 6.92 Å². The summed E-state index contributed by atoms with van der Waals surface area (Å²) in [6.07, 6.45) is 1.70. The number of halogens is 1. The second-order valence-electron chi connectivity index (χ2n) is 4.65. The van der Waals surface area contributed by atoms with Crippen LogP contribution in [0.2, 0.25) is 0 Å². The Balaban J connectivity index is 2.39. The average Bonchev–Trinajstić information content (AvgIpc) is 2.37. The molecule has 100 valence electrons. The second-order valence-corrected chi connectivity index (χ2v) is 4.65. The third-order valence-corrected chi connectivity index (χ3v) is 2.89. The molecular formula is C14H20FNO2. The van der Waals surface area contributed by atoms with E-state index in [2.05, 4.69) is 5.32 Å². The van der Waals surface area contributed by atoms with Crippen molar-refractivity contribution in [2.45, 2.75) is 26.7 Å². The molecule has 0 aliphatic heterocycles. The van der Waals surface area contributed by atoms with Gasteiger partial charge in [-0.1, -0.05) is 6.92 Å². The van der Waals surface area contributed by atoms with Crippen LogP contribution in [-0.4, -0.2) is 24.2 Å². The summed E-state index contributed by atoms with van der Waals surface area (Å²) in [5, 5.41) is 11.6. The molecule has 1 aromatic rings. The van der Waals surface area contributed by atoms with Crippen molar-refractivity contribution in [2.75, 3.05) is 13.2 Å². The van der Waals surface area contributed by atoms with Crippen LogP contribution in [0.25, 0.3) is 0 Å². The minimum atomic E-state index is -0.302. The number of rotatable bonds is 6. The highest BCUT2D eigenvalue weighted by atomic mass is 19.1. The van der Waals surface area contributed by atoms with E-state index in [-0.39, 0.29) is 24.2 Å². The second kappa shape index (κ2) is 7.11. The molecule has 18 heavy (non-hydrogen) atoms. The molecule has 0 aromatic heterocycles. The van der Waals surface area contributed by atoms with E-state index in [0.29, 0.717) is 17.7 Å². The zero-order valence-corrected chi connectivity index (χ0v) is 10.9. The standard InChI is InChI=1S/C14H20FNO2/c1-10(9-17)4-3-7-16-14(18)12-5-6-13(15)11(2)8-12/h5-6,8,10,17H,3-4,7,9H2,1-2H3,(H,16,18). The summed E-state index contributed by atoms with van der Waals surface area (Å²) in [5.74, 6) is -0.229. The molecule has 0 fully saturated rings. The van der Waals surface area contributed by atoms with Gasteiger partial charge in [0.2, 0.25) is 0 Å². The summed E-state index contributed by atoms with van der Waals surface area (Å²) >= 11 is 0. The van der Waals surface area contributed by atoms with Gasteiger partial charge in [-0.3, -0.25) is 4.79 Å². The molecule has 1 aromatic carbocycles. The van der Waals surface area contributed by atoms with Gasteiger partial charge in [-0.15, -0.1) is 0 Å². The molecule has 0 spiro atoms. The summed E-state index contributed by atoms with van der Waals surface area (Å²) in [6, 6.07) is 4.33. The summed E-state index contributed by atoms with van der Waals surface area (Å²) < 4.78 is 13.0. The highest BCUT2D eigenvalue weighted by Crippen LogP contribution is 2.09. The Hall–Kier alpha value is -1.42. The molecule has 1 rings (SSSR count). The zero-order valence-electron chi connectivity index (χ0n) is 10.9. The predicted octanol–water partition coefficient (Wildman–Crippen LogP) is 2.27. The lowest BCUT2D eigenvalue weighted by Crippen LogP contribution is -2.25. The molecule has 0 radical (unpaired) electrons. The number of nitrogens with one attached hydrogen (secondary N) is 1. The van der Waals surface area contributed by atoms with Crippen LogP contribution >= 0.6 is 0 Å². The number of aliphatic hydroxyl groups excluding tert-OH is 1. The van der Waals surface area contributed by atoms with E-state index in [9.17, 15) is 9.18 Å². The number of benzene rings is 1. The number of carbonyl (C=O) groups is 1. The first-order chi connectivity index (χ1) is 8.54. The van der Waals surface area contributed by atoms with Gasteiger partial charge in [-0.05, 0) is 49.4 Å². The quantitative estimate of drug-likeness (QED) is 0.764. The van der Waals surface area contributed by atoms with Crippen LogP contribution < -0.4 is 5.32 Å². The van der Waals surface area contributed by atoms with Crippen LogP contribution in [0.1, 0.15) is 35.7 Å². The van der Waals surface area contributed by atoms with Gasteiger partial charge in [0.25, 0.3) is 5.91 Å². The van der Waals surface area contributed by atoms with Gasteiger partial charge in [0, 0.05) is 18.7 Å². The largest absolute Gasteiger partial charge is 0.396 e. The minimum Gasteiger partial charge on any atom is -0.396 e. The van der Waals surface area contributed by atoms with Crippen LogP contribution in [0.4, 0.5) is 4.39 Å². The molecule has 0 aliphatic rings. The molecule has 4 heteroatoms. The third kappa shape index (κ3) is 4.45. The zero-order chi connectivity index (χ0) is 13.5. The summed E-state index contributed by atoms with van der Waals surface area (Å²) in [6.45, 7) is 4.34. The monoisotopic (exact) mass is 253 g/mol. The summed E-state index contributed by atoms with van der Waals surface area (Å²) in [7, 11) is 0. The summed E-state index contributed by atoms with van der Waals surface area (Å²) in [4.78, 5) is 11.7. The number of amides is 1. The Morgan fingerprint density at radius 2 is 2.22 bits per heavy atom. The van der Waals surface area contributed by atoms with Gasteiger partial charge in [-0.2, -0.15) is 0 Å². The molecule has 0 saturated carbocycles. The molecule has 1 unspecified atom stereocenters. The van der Waals surface area contributed by atoms with E-state index in [4.69, 9.17) is 5.11 Å². The average molecular weight is 253 g/mol. The van der Waals surface area contributed by atoms with Crippen molar-refractivity contribution in [2.24, 2.45) is 5.92 Å². The van der Waals surface area contributed by atoms with E-state index < -0.39 is 0 Å². The van der Waals surface area contributed by atoms with E-state index >= 15 is 0 Å². The number of hydrogen-bond acceptors (Lipinski definition) is 2. The van der Waals surface area contributed by atoms with Gasteiger partial charge >= 0.3 is 0 Å². The van der Waals surface area contributed by atoms with E-state index in [1.54, 1.807) is 13.0 Å². The smallest absolute Gasteiger partial charge is 0.251 e. The van der Waals surface area contributed by atoms with Crippen LogP contribution in [-0.2, 0) is 0 Å². The molecule has 0 heterocycles. The first kappa shape index (κ1) is 14.6. The van der Waals surface area contributed by atoms with E-state index in [1.165, 1.54) is 12.1 Å². The molecule has 0 saturated heterocycles. The number of hydrogen-bond donors (Lipinski definition) is 2. The lowest BCUT2D eigenvalue weighted by molar-refractivity contribution is 0.0952. The fourth-order valence-electron chi connectivity index (χ4n) is 1.63. The van der Waals surface area contributed by atoms with Crippen molar-refractivity contribution < 1.29 is 14.3 Å². The lowest BCUT2D eigenvalue weighted by Gasteiger charge is -2.09. The van der Waals surface area contributed by atoms with Crippen molar-refractivity contribution in [3.05, 3.63) is 35.1 Å². The Kier molecular flexibility index (Phi) is 5.78. The summed E-state index contributed by atoms with van der Waals surface area (Å²) in [5.41, 5.74) is 0.945. The van der Waals surface area contributed by atoms with Crippen LogP contribution in [0.5, 0.6) is 0 Å². The fourth-order valence-corrected chi connectivity index (χ4v) is 1.63. The topological polar surface area (TPSA) is 49.3 Å². The first-order valence-electron chi connectivity index (χ1n) is 6.19. The maximum Gasteiger partial charge on any atom is 0.251 e. The Labute approximate surface area is 107 Å². The van der Waals surface area contributed by atoms with Crippen LogP contribution in [0.15, 0.2) is 18.2 Å². The van der Waals surface area contributed by atoms with Gasteiger partial charge < -0.3 is 10.4 Å². The Bertz CT molecular complexity index is 407. The van der Waals surface area contributed by atoms with Crippen molar-refractivity contribution in [3.63, 3.8) is 0 Å². The van der Waals surface area contributed by atoms with Crippen molar-refractivity contribution in [1.29, 1.82) is 0 Å². The van der Waals surface area contributed by atoms with Crippen molar-refractivity contribution in [1.82, 2.24) is 5.32 Å². The number of aliphatic hydroxyl groups is 1. The van der Waals surface area contributed by atoms with Gasteiger partial charge in [0.1, 0.15) is 5.82 Å². The molecule has 3 nitrogen and oxygen atoms in total. The normalized spacial score (nSPS) is 12.2. The molecule has 2 N–H and O–H groups in total. The Morgan fingerprint density at radius 3 is 2.83 bits per heavy atom. The number of aryl methyl sites for hydroxylation is 1. The van der Waals surface area contributed by atoms with E-state index in [0.717, 1.165) is 12.8 Å². The highest BCUT2D eigenvalue weighted by molar-refractivity contribution is 5.94. The first-order valence-corrected chi connectivity index (χ1v) is 6.19. The van der Waals surface area contributed by atoms with Crippen molar-refractivity contribution in [3.8, 4) is 0 Å². The van der Waals surface area contributed by atoms with Crippen LogP contribution in [0, 0.1) is 18.7 Å². The van der Waals surface area contributed by atoms with Gasteiger partial charge in [0.15, 0.2) is 0 Å². The van der Waals surface area contributed by atoms with Crippen LogP contribution in [0.3, 0.4) is 0 Å². The maximum absolute atomic E-state index is 13.0. The molecule has 1 atom stereocenters. The molecule has 1 amide bonds. The maximum atomic E-state index is 13.0. The van der Waals surface area contributed by atoms with Gasteiger partial charge in [-0.25, -0.2) is 4.39 Å². The molecular weight excluding hydrogens is 233 g/mol. The predicted molar refractivity (Wildman–Crippen MR) is 69.0 cm³/mol. The molecule has 0 aliphatic carbocycles. The number of carbonyl (C=O) groups excluding carboxylic acids is 1. The highest BCUT2D eigenvalue weighted by Gasteiger charge is 2.07.